The lowest BCUT2D eigenvalue weighted by Crippen LogP contribution is -2.66. The average molecular weight is 1840 g/mol. The number of hydrazine groups is 2. The normalized spacial score (nSPS) is 26.7. The number of carbonyl (C=O) groups excluding carboxylic acids is 10. The van der Waals surface area contributed by atoms with Crippen molar-refractivity contribution < 1.29 is 140 Å². The minimum Gasteiger partial charge on any atom is -0.508 e. The van der Waals surface area contributed by atoms with Gasteiger partial charge in [0, 0.05) is 74.1 Å². The number of benzene rings is 6. The number of nitrogens with zero attached hydrogens (tertiary/aromatic N) is 2. The second kappa shape index (κ2) is 40.2. The Labute approximate surface area is 736 Å². The number of piperazine rings is 1. The van der Waals surface area contributed by atoms with Gasteiger partial charge in [0.15, 0.2) is 23.9 Å². The topological polar surface area (TPSA) is 620 Å². The van der Waals surface area contributed by atoms with Crippen LogP contribution < -0.4 is 94.5 Å². The number of aromatic hydroxyl groups is 3. The molecular formula is C81H95Cl2F3N16O26. The molecule has 6 aromatic carbocycles. The molecule has 6 aromatic rings. The molecule has 0 spiro atoms. The number of anilines is 1. The van der Waals surface area contributed by atoms with E-state index in [0.29, 0.717) is 32.7 Å². The number of ether oxygens (including phenoxy) is 7. The zero-order valence-electron chi connectivity index (χ0n) is 68.7. The highest BCUT2D eigenvalue weighted by atomic mass is 35.5. The van der Waals surface area contributed by atoms with Crippen LogP contribution in [-0.4, -0.2) is 253 Å². The molecular weight excluding hydrogens is 1740 g/mol. The van der Waals surface area contributed by atoms with Crippen molar-refractivity contribution in [1.82, 2.24) is 68.7 Å². The number of phenols is 3. The van der Waals surface area contributed by atoms with Gasteiger partial charge in [0.25, 0.3) is 5.91 Å². The van der Waals surface area contributed by atoms with Gasteiger partial charge in [0.2, 0.25) is 53.4 Å². The van der Waals surface area contributed by atoms with Crippen molar-refractivity contribution in [3.05, 3.63) is 141 Å². The van der Waals surface area contributed by atoms with Gasteiger partial charge >= 0.3 is 18.4 Å². The highest BCUT2D eigenvalue weighted by Gasteiger charge is 2.53. The number of rotatable bonds is 20. The zero-order chi connectivity index (χ0) is 92.8. The van der Waals surface area contributed by atoms with Gasteiger partial charge < -0.3 is 138 Å². The SMILES string of the molecule is CNC(CC(C)C)C(=O)NC1C(=O)NC(CC(N)=O)C(=O)NC2C(=O)NC3C(=O)NC(C(=O)NC(C(=O)NNC(N)=O)c4cc(O)cc(O)c4-c4cc3ccc4O)C(O)c3ccc(c(Cl)c3)Oc3cc2cc(c3OC2OC(CO)C(O)C(O)C2OC2CC(C)(NCCN3CCN(NC(=O)Nc4ccc(OC(F)(F)F)cc4)CC3)C(O)C(C)O2)Oc2ccc(cc2Cl)C1O. The number of aliphatic hydroxyl groups excluding tert-OH is 6. The fourth-order valence-corrected chi connectivity index (χ4v) is 15.9. The molecule has 128 heavy (non-hydrogen) atoms. The van der Waals surface area contributed by atoms with Crippen molar-refractivity contribution in [3.63, 3.8) is 0 Å². The highest BCUT2D eigenvalue weighted by Crippen LogP contribution is 2.50. The molecule has 690 valence electrons. The van der Waals surface area contributed by atoms with E-state index in [1.807, 2.05) is 10.9 Å². The van der Waals surface area contributed by atoms with E-state index in [1.165, 1.54) is 38.2 Å². The van der Waals surface area contributed by atoms with Crippen LogP contribution in [-0.2, 0) is 52.6 Å². The summed E-state index contributed by atoms with van der Waals surface area (Å²) in [5.41, 5.74) is 13.4. The molecule has 47 heteroatoms. The molecule has 0 saturated carbocycles. The van der Waals surface area contributed by atoms with Crippen LogP contribution in [0, 0.1) is 5.92 Å². The van der Waals surface area contributed by atoms with E-state index < -0.39 is 272 Å². The van der Waals surface area contributed by atoms with Crippen LogP contribution in [0.3, 0.4) is 0 Å². The summed E-state index contributed by atoms with van der Waals surface area (Å²) in [4.78, 5) is 147. The minimum atomic E-state index is -4.91. The zero-order valence-corrected chi connectivity index (χ0v) is 70.2. The number of halogens is 5. The lowest BCUT2D eigenvalue weighted by atomic mass is 9.85. The van der Waals surface area contributed by atoms with E-state index >= 15 is 24.0 Å². The van der Waals surface area contributed by atoms with Crippen LogP contribution >= 0.6 is 23.2 Å². The van der Waals surface area contributed by atoms with E-state index in [4.69, 9.17) is 63.1 Å². The second-order valence-corrected chi connectivity index (χ2v) is 32.5. The second-order valence-electron chi connectivity index (χ2n) is 31.7. The van der Waals surface area contributed by atoms with Crippen molar-refractivity contribution >= 4 is 88.2 Å². The van der Waals surface area contributed by atoms with E-state index in [1.54, 1.807) is 25.8 Å². The molecule has 12 amide bonds. The third-order valence-electron chi connectivity index (χ3n) is 22.0. The van der Waals surface area contributed by atoms with Crippen molar-refractivity contribution in [3.8, 4) is 62.9 Å². The molecule has 0 aliphatic carbocycles. The molecule has 18 atom stereocenters. The Morgan fingerprint density at radius 3 is 1.93 bits per heavy atom. The molecule has 8 aliphatic rings. The molecule has 0 aromatic heterocycles. The lowest BCUT2D eigenvalue weighted by molar-refractivity contribution is -0.334. The summed E-state index contributed by atoms with van der Waals surface area (Å²) in [6.45, 7) is 7.85. The Balaban J connectivity index is 0.962. The number of alkyl halides is 3. The number of hydrogen-bond donors (Lipinski definition) is 23. The Morgan fingerprint density at radius 1 is 0.695 bits per heavy atom. The maximum atomic E-state index is 16.3. The monoisotopic (exact) mass is 1830 g/mol. The number of likely N-dealkylation sites (N-methyl/N-ethyl adjacent to an activating group) is 1. The predicted octanol–water partition coefficient (Wildman–Crippen LogP) is 0.605. The van der Waals surface area contributed by atoms with Crippen LogP contribution in [0.2, 0.25) is 10.0 Å². The predicted molar refractivity (Wildman–Crippen MR) is 440 cm³/mol. The molecule has 8 aliphatic heterocycles. The molecule has 3 fully saturated rings. The summed E-state index contributed by atoms with van der Waals surface area (Å²) in [5, 5.41) is 131. The van der Waals surface area contributed by atoms with Crippen molar-refractivity contribution in [2.24, 2.45) is 17.4 Å². The average Bonchev–Trinajstić information content (AvgIpc) is 0.764. The van der Waals surface area contributed by atoms with Crippen molar-refractivity contribution in [2.45, 2.75) is 163 Å². The smallest absolute Gasteiger partial charge is 0.508 e. The Hall–Kier alpha value is -11.9. The fourth-order valence-electron chi connectivity index (χ4n) is 15.5. The molecule has 25 N–H and O–H groups in total. The third-order valence-corrected chi connectivity index (χ3v) is 22.6. The summed E-state index contributed by atoms with van der Waals surface area (Å²) in [5.74, 6) is -16.6. The van der Waals surface area contributed by atoms with Gasteiger partial charge in [-0.3, -0.25) is 54.1 Å². The minimum absolute atomic E-state index is 0.133. The Kier molecular flexibility index (Phi) is 29.9. The van der Waals surface area contributed by atoms with Crippen molar-refractivity contribution in [2.75, 3.05) is 58.2 Å². The number of carbonyl (C=O) groups is 10. The fraction of sp³-hybridized carbons (Fsp3) is 0.432. The van der Waals surface area contributed by atoms with Gasteiger partial charge in [-0.15, -0.1) is 13.2 Å². The molecule has 11 bridgehead atoms. The summed E-state index contributed by atoms with van der Waals surface area (Å²) in [6, 6.07) is 1.34. The van der Waals surface area contributed by atoms with Crippen LogP contribution in [0.25, 0.3) is 11.1 Å². The number of aliphatic hydroxyl groups is 6. The molecule has 0 radical (unpaired) electrons. The van der Waals surface area contributed by atoms with Crippen LogP contribution in [0.4, 0.5) is 28.4 Å². The summed E-state index contributed by atoms with van der Waals surface area (Å²) >= 11 is 14.3. The van der Waals surface area contributed by atoms with Gasteiger partial charge in [0.1, 0.15) is 101 Å². The number of amides is 12. The summed E-state index contributed by atoms with van der Waals surface area (Å²) in [7, 11) is 1.46. The molecule has 14 rings (SSSR count). The number of nitrogens with two attached hydrogens (primary N) is 2. The Morgan fingerprint density at radius 2 is 1.32 bits per heavy atom. The number of phenolic OH excluding ortho intramolecular Hbond substituents is 3. The number of urea groups is 2. The largest absolute Gasteiger partial charge is 0.573 e. The lowest BCUT2D eigenvalue weighted by Gasteiger charge is -2.48. The number of hydrogen-bond acceptors (Lipinski definition) is 30. The maximum Gasteiger partial charge on any atom is 0.573 e. The molecule has 42 nitrogen and oxygen atoms in total. The molecule has 18 unspecified atom stereocenters. The van der Waals surface area contributed by atoms with Gasteiger partial charge in [-0.1, -0.05) is 55.2 Å². The standard InChI is InChI=1S/C81H95Cl2F3N16O26/c1-33(2)22-46(89-5)70(113)96-61-63(108)36-7-14-50(44(82)24-36)123-52-26-38-27-53(67(52)127-77-68(66(111)65(110)54(32-103)125-77)126-56-31-80(4,69(112)34(3)122-56)90-16-17-101-18-20-102(21-19-101)100-79(121)91-39-9-11-41(12-10-39)128-81(84,85)86)124-51-15-8-37(25-45(51)83)64(109)62-75(118)95-60(76(119)98-99-78(88)120)43-28-40(104)29-49(106)57(43)42-23-35(6-13-48(42)105)58(72(115)97-62)94-73(116)59(38)93-71(114)47(30-55(87)107)92-74(61)117/h6-15,23-29,33-34,46-47,54,56,58-66,68-69,77,89-90,103-106,108-112H,16-22,30-32H2,1-5H3,(H2,87,107)(H,92,117)(H,93,114)(H,94,116)(H,95,118)(H,96,113)(H,97,115)(H,98,119)(H3,88,99,120)(H2,91,100,121). The molecule has 3 saturated heterocycles. The van der Waals surface area contributed by atoms with Gasteiger partial charge in [-0.25, -0.2) is 20.0 Å². The highest BCUT2D eigenvalue weighted by molar-refractivity contribution is 6.32. The molecule has 8 heterocycles. The van der Waals surface area contributed by atoms with Gasteiger partial charge in [-0.05, 0) is 140 Å². The number of fused-ring (bicyclic) bond motifs is 15. The summed E-state index contributed by atoms with van der Waals surface area (Å²) < 4.78 is 81.5. The van der Waals surface area contributed by atoms with Gasteiger partial charge in [-0.2, -0.15) is 0 Å². The maximum absolute atomic E-state index is 16.3. The first-order valence-electron chi connectivity index (χ1n) is 40.0. The number of primary amides is 2. The van der Waals surface area contributed by atoms with E-state index in [0.717, 1.165) is 78.9 Å². The first-order valence-corrected chi connectivity index (χ1v) is 40.8. The number of nitrogens with one attached hydrogen (secondary N) is 12. The summed E-state index contributed by atoms with van der Waals surface area (Å²) in [6.07, 6.45) is -24.3. The van der Waals surface area contributed by atoms with E-state index in [9.17, 15) is 83.1 Å². The van der Waals surface area contributed by atoms with Crippen LogP contribution in [0.15, 0.2) is 103 Å². The van der Waals surface area contributed by atoms with Crippen LogP contribution in [0.1, 0.15) is 105 Å². The first-order chi connectivity index (χ1) is 60.5. The van der Waals surface area contributed by atoms with E-state index in [2.05, 4.69) is 62.9 Å². The third kappa shape index (κ3) is 22.4. The first kappa shape index (κ1) is 95.2. The van der Waals surface area contributed by atoms with Gasteiger partial charge in [0.05, 0.1) is 41.3 Å². The Bertz CT molecular complexity index is 5180. The van der Waals surface area contributed by atoms with E-state index in [-0.39, 0.29) is 47.9 Å². The van der Waals surface area contributed by atoms with Crippen LogP contribution in [0.5, 0.6) is 51.7 Å². The quantitative estimate of drug-likeness (QED) is 0.0466. The van der Waals surface area contributed by atoms with Crippen molar-refractivity contribution in [1.29, 1.82) is 0 Å².